The molecule has 4 rings (SSSR count). The molecular weight excluding hydrogens is 392 g/mol. The number of amides is 2. The van der Waals surface area contributed by atoms with Crippen LogP contribution in [0.15, 0.2) is 78.5 Å². The molecule has 31 heavy (non-hydrogen) atoms. The second-order valence-electron chi connectivity index (χ2n) is 7.04. The Balaban J connectivity index is 1.84. The molecule has 6 heteroatoms. The lowest BCUT2D eigenvalue weighted by molar-refractivity contribution is -0.120. The lowest BCUT2D eigenvalue weighted by atomic mass is 10.0. The first-order chi connectivity index (χ1) is 15.0. The Kier molecular flexibility index (Phi) is 5.45. The molecule has 1 aliphatic heterocycles. The van der Waals surface area contributed by atoms with Gasteiger partial charge in [0.15, 0.2) is 0 Å². The molecule has 1 heterocycles. The van der Waals surface area contributed by atoms with Gasteiger partial charge in [-0.05, 0) is 36.2 Å². The van der Waals surface area contributed by atoms with Gasteiger partial charge >= 0.3 is 0 Å². The van der Waals surface area contributed by atoms with Crippen LogP contribution in [-0.2, 0) is 9.59 Å². The maximum Gasteiger partial charge on any atom is 0.282 e. The summed E-state index contributed by atoms with van der Waals surface area (Å²) in [5.74, 6) is 0.0612. The number of nitrogens with one attached hydrogen (secondary N) is 1. The molecule has 0 atom stereocenters. The molecule has 0 radical (unpaired) electrons. The van der Waals surface area contributed by atoms with Crippen molar-refractivity contribution >= 4 is 28.8 Å². The van der Waals surface area contributed by atoms with Crippen LogP contribution in [0.3, 0.4) is 0 Å². The smallest absolute Gasteiger partial charge is 0.282 e. The van der Waals surface area contributed by atoms with Crippen molar-refractivity contribution < 1.29 is 19.1 Å². The first kappa shape index (κ1) is 20.2. The molecule has 0 fully saturated rings. The lowest BCUT2D eigenvalue weighted by Gasteiger charge is -2.19. The topological polar surface area (TPSA) is 67.9 Å². The molecule has 0 unspecified atom stereocenters. The SMILES string of the molecule is COc1ccc(N2C(=O)C(Nc3ccccc3C)=C(c3ccccc3)C2=O)c(OC)c1. The first-order valence-corrected chi connectivity index (χ1v) is 9.78. The number of methoxy groups -OCH3 is 2. The van der Waals surface area contributed by atoms with E-state index in [1.165, 1.54) is 7.11 Å². The second-order valence-corrected chi connectivity index (χ2v) is 7.04. The van der Waals surface area contributed by atoms with Gasteiger partial charge in [-0.1, -0.05) is 48.5 Å². The number of anilines is 2. The Morgan fingerprint density at radius 1 is 0.806 bits per heavy atom. The summed E-state index contributed by atoms with van der Waals surface area (Å²) < 4.78 is 10.7. The molecular formula is C25H22N2O4. The number of ether oxygens (including phenoxy) is 2. The quantitative estimate of drug-likeness (QED) is 0.605. The average Bonchev–Trinajstić information content (AvgIpc) is 3.04. The Morgan fingerprint density at radius 3 is 2.19 bits per heavy atom. The number of hydrogen-bond donors (Lipinski definition) is 1. The van der Waals surface area contributed by atoms with Crippen LogP contribution in [0.25, 0.3) is 5.57 Å². The van der Waals surface area contributed by atoms with E-state index in [0.29, 0.717) is 28.3 Å². The highest BCUT2D eigenvalue weighted by Gasteiger charge is 2.41. The molecule has 0 spiro atoms. The Labute approximate surface area is 180 Å². The van der Waals surface area contributed by atoms with Gasteiger partial charge in [0, 0.05) is 11.8 Å². The predicted octanol–water partition coefficient (Wildman–Crippen LogP) is 4.41. The first-order valence-electron chi connectivity index (χ1n) is 9.78. The van der Waals surface area contributed by atoms with Gasteiger partial charge in [0.05, 0.1) is 25.5 Å². The fourth-order valence-electron chi connectivity index (χ4n) is 3.55. The van der Waals surface area contributed by atoms with E-state index >= 15 is 0 Å². The summed E-state index contributed by atoms with van der Waals surface area (Å²) in [5, 5.41) is 3.20. The number of hydrogen-bond acceptors (Lipinski definition) is 5. The molecule has 156 valence electrons. The van der Waals surface area contributed by atoms with Gasteiger partial charge in [0.2, 0.25) is 0 Å². The van der Waals surface area contributed by atoms with Gasteiger partial charge in [-0.2, -0.15) is 0 Å². The zero-order valence-electron chi connectivity index (χ0n) is 17.5. The van der Waals surface area contributed by atoms with E-state index in [-0.39, 0.29) is 5.70 Å². The fraction of sp³-hybridized carbons (Fsp3) is 0.120. The summed E-state index contributed by atoms with van der Waals surface area (Å²) in [5.41, 5.74) is 3.27. The number of aryl methyl sites for hydroxylation is 1. The largest absolute Gasteiger partial charge is 0.497 e. The Hall–Kier alpha value is -4.06. The maximum atomic E-state index is 13.5. The molecule has 3 aromatic carbocycles. The minimum atomic E-state index is -0.449. The van der Waals surface area contributed by atoms with Crippen LogP contribution in [-0.4, -0.2) is 26.0 Å². The van der Waals surface area contributed by atoms with Crippen LogP contribution in [0, 0.1) is 6.92 Å². The number of carbonyl (C=O) groups is 2. The molecule has 2 amide bonds. The molecule has 0 aromatic heterocycles. The fourth-order valence-corrected chi connectivity index (χ4v) is 3.55. The second kappa shape index (κ2) is 8.36. The molecule has 1 N–H and O–H groups in total. The number of benzene rings is 3. The third-order valence-corrected chi connectivity index (χ3v) is 5.18. The van der Waals surface area contributed by atoms with E-state index in [1.807, 2.05) is 61.5 Å². The number of imide groups is 1. The standard InChI is InChI=1S/C25H22N2O4/c1-16-9-7-8-12-19(16)26-23-22(17-10-5-4-6-11-17)24(28)27(25(23)29)20-14-13-18(30-2)15-21(20)31-3/h4-15,26H,1-3H3. The number of para-hydroxylation sites is 1. The highest BCUT2D eigenvalue weighted by Crippen LogP contribution is 2.39. The molecule has 3 aromatic rings. The van der Waals surface area contributed by atoms with Crippen LogP contribution in [0.1, 0.15) is 11.1 Å². The van der Waals surface area contributed by atoms with Crippen molar-refractivity contribution in [1.82, 2.24) is 0 Å². The summed E-state index contributed by atoms with van der Waals surface area (Å²) in [6.45, 7) is 1.94. The normalized spacial score (nSPS) is 13.6. The van der Waals surface area contributed by atoms with Crippen LogP contribution in [0.2, 0.25) is 0 Å². The summed E-state index contributed by atoms with van der Waals surface area (Å²) in [7, 11) is 3.03. The van der Waals surface area contributed by atoms with E-state index in [2.05, 4.69) is 5.32 Å². The minimum Gasteiger partial charge on any atom is -0.497 e. The minimum absolute atomic E-state index is 0.225. The van der Waals surface area contributed by atoms with Gasteiger partial charge in [0.25, 0.3) is 11.8 Å². The molecule has 6 nitrogen and oxygen atoms in total. The van der Waals surface area contributed by atoms with E-state index in [4.69, 9.17) is 9.47 Å². The third kappa shape index (κ3) is 3.64. The van der Waals surface area contributed by atoms with Crippen molar-refractivity contribution in [1.29, 1.82) is 0 Å². The third-order valence-electron chi connectivity index (χ3n) is 5.18. The van der Waals surface area contributed by atoms with Gasteiger partial charge in [-0.25, -0.2) is 4.90 Å². The van der Waals surface area contributed by atoms with Crippen molar-refractivity contribution in [2.75, 3.05) is 24.4 Å². The zero-order valence-corrected chi connectivity index (χ0v) is 17.5. The van der Waals surface area contributed by atoms with Gasteiger partial charge in [0.1, 0.15) is 17.2 Å². The highest BCUT2D eigenvalue weighted by molar-refractivity contribution is 6.46. The maximum absolute atomic E-state index is 13.5. The van der Waals surface area contributed by atoms with Crippen molar-refractivity contribution in [3.05, 3.63) is 89.6 Å². The van der Waals surface area contributed by atoms with E-state index in [1.54, 1.807) is 25.3 Å². The predicted molar refractivity (Wildman–Crippen MR) is 120 cm³/mol. The van der Waals surface area contributed by atoms with Crippen LogP contribution in [0.4, 0.5) is 11.4 Å². The average molecular weight is 414 g/mol. The van der Waals surface area contributed by atoms with Gasteiger partial charge < -0.3 is 14.8 Å². The number of rotatable bonds is 6. The number of nitrogens with zero attached hydrogens (tertiary/aromatic N) is 1. The summed E-state index contributed by atoms with van der Waals surface area (Å²) in [4.78, 5) is 28.2. The molecule has 0 saturated heterocycles. The summed E-state index contributed by atoms with van der Waals surface area (Å²) in [6, 6.07) is 21.8. The Morgan fingerprint density at radius 2 is 1.52 bits per heavy atom. The lowest BCUT2D eigenvalue weighted by Crippen LogP contribution is -2.32. The van der Waals surface area contributed by atoms with Gasteiger partial charge in [-0.15, -0.1) is 0 Å². The summed E-state index contributed by atoms with van der Waals surface area (Å²) in [6.07, 6.45) is 0. The van der Waals surface area contributed by atoms with Crippen LogP contribution in [0.5, 0.6) is 11.5 Å². The molecule has 0 aliphatic carbocycles. The van der Waals surface area contributed by atoms with Crippen LogP contribution >= 0.6 is 0 Å². The monoisotopic (exact) mass is 414 g/mol. The van der Waals surface area contributed by atoms with Crippen molar-refractivity contribution in [2.45, 2.75) is 6.92 Å². The van der Waals surface area contributed by atoms with Crippen molar-refractivity contribution in [3.63, 3.8) is 0 Å². The van der Waals surface area contributed by atoms with Crippen molar-refractivity contribution in [3.8, 4) is 11.5 Å². The van der Waals surface area contributed by atoms with E-state index < -0.39 is 11.8 Å². The zero-order chi connectivity index (χ0) is 22.0. The molecule has 0 saturated carbocycles. The Bertz CT molecular complexity index is 1190. The summed E-state index contributed by atoms with van der Waals surface area (Å²) >= 11 is 0. The number of carbonyl (C=O) groups excluding carboxylic acids is 2. The molecule has 1 aliphatic rings. The van der Waals surface area contributed by atoms with Crippen molar-refractivity contribution in [2.24, 2.45) is 0 Å². The van der Waals surface area contributed by atoms with E-state index in [9.17, 15) is 9.59 Å². The van der Waals surface area contributed by atoms with Crippen LogP contribution < -0.4 is 19.7 Å². The van der Waals surface area contributed by atoms with Gasteiger partial charge in [-0.3, -0.25) is 9.59 Å². The molecule has 0 bridgehead atoms. The highest BCUT2D eigenvalue weighted by atomic mass is 16.5. The van der Waals surface area contributed by atoms with E-state index in [0.717, 1.165) is 16.2 Å².